The first-order valence-corrected chi connectivity index (χ1v) is 11.2. The molecule has 1 aliphatic heterocycles. The highest BCUT2D eigenvalue weighted by Gasteiger charge is 2.22. The molecule has 0 atom stereocenters. The molecule has 0 saturated carbocycles. The zero-order valence-electron chi connectivity index (χ0n) is 18.8. The van der Waals surface area contributed by atoms with E-state index in [2.05, 4.69) is 22.5 Å². The van der Waals surface area contributed by atoms with Gasteiger partial charge in [-0.3, -0.25) is 4.79 Å². The van der Waals surface area contributed by atoms with Crippen LogP contribution < -0.4 is 15.4 Å². The molecule has 31 heavy (non-hydrogen) atoms. The number of ether oxygens (including phenoxy) is 1. The van der Waals surface area contributed by atoms with Gasteiger partial charge in [0.1, 0.15) is 11.9 Å². The maximum Gasteiger partial charge on any atom is 0.226 e. The number of anilines is 1. The van der Waals surface area contributed by atoms with E-state index < -0.39 is 0 Å². The molecule has 2 aromatic carbocycles. The van der Waals surface area contributed by atoms with E-state index in [0.717, 1.165) is 55.4 Å². The van der Waals surface area contributed by atoms with Crippen molar-refractivity contribution in [1.29, 1.82) is 0 Å². The third-order valence-electron chi connectivity index (χ3n) is 5.28. The largest absolute Gasteiger partial charge is 0.490 e. The van der Waals surface area contributed by atoms with Crippen molar-refractivity contribution in [2.24, 2.45) is 10.9 Å². The number of nitrogens with one attached hydrogen (secondary N) is 2. The Kier molecular flexibility index (Phi) is 8.33. The van der Waals surface area contributed by atoms with Crippen molar-refractivity contribution in [3.8, 4) is 5.75 Å². The molecule has 1 amide bonds. The number of aliphatic imine (C=N–C) groups is 1. The van der Waals surface area contributed by atoms with Gasteiger partial charge in [-0.15, -0.1) is 0 Å². The summed E-state index contributed by atoms with van der Waals surface area (Å²) in [6.45, 7) is 9.13. The summed E-state index contributed by atoms with van der Waals surface area (Å²) >= 11 is 0. The fourth-order valence-electron chi connectivity index (χ4n) is 3.45. The van der Waals surface area contributed by atoms with Crippen LogP contribution in [0.5, 0.6) is 5.75 Å². The SMILES string of the molecule is CCNC(=NCc1ccc(NC(=O)C(C)C)cc1)N1CCC(Oc2ccccc2)CC1. The smallest absolute Gasteiger partial charge is 0.226 e. The Labute approximate surface area is 185 Å². The van der Waals surface area contributed by atoms with Crippen molar-refractivity contribution in [2.45, 2.75) is 46.3 Å². The number of carbonyl (C=O) groups is 1. The van der Waals surface area contributed by atoms with Gasteiger partial charge in [-0.25, -0.2) is 4.99 Å². The molecule has 6 nitrogen and oxygen atoms in total. The number of benzene rings is 2. The summed E-state index contributed by atoms with van der Waals surface area (Å²) in [5, 5.41) is 6.33. The van der Waals surface area contributed by atoms with E-state index in [0.29, 0.717) is 6.54 Å². The molecule has 0 spiro atoms. The Balaban J connectivity index is 1.53. The second kappa shape index (κ2) is 11.4. The highest BCUT2D eigenvalue weighted by molar-refractivity contribution is 5.92. The van der Waals surface area contributed by atoms with E-state index >= 15 is 0 Å². The number of amides is 1. The van der Waals surface area contributed by atoms with Crippen LogP contribution in [0.15, 0.2) is 59.6 Å². The zero-order chi connectivity index (χ0) is 22.1. The van der Waals surface area contributed by atoms with Crippen molar-refractivity contribution >= 4 is 17.6 Å². The van der Waals surface area contributed by atoms with E-state index in [-0.39, 0.29) is 17.9 Å². The quantitative estimate of drug-likeness (QED) is 0.516. The standard InChI is InChI=1S/C25H34N4O2/c1-4-26-25(27-18-20-10-12-21(13-11-20)28-24(30)19(2)3)29-16-14-23(15-17-29)31-22-8-6-5-7-9-22/h5-13,19,23H,4,14-18H2,1-3H3,(H,26,27)(H,28,30). The van der Waals surface area contributed by atoms with E-state index in [4.69, 9.17) is 9.73 Å². The second-order valence-electron chi connectivity index (χ2n) is 8.13. The first-order chi connectivity index (χ1) is 15.0. The number of guanidine groups is 1. The number of piperidine rings is 1. The Morgan fingerprint density at radius 2 is 1.77 bits per heavy atom. The molecule has 0 unspecified atom stereocenters. The van der Waals surface area contributed by atoms with Crippen molar-refractivity contribution in [3.05, 3.63) is 60.2 Å². The Bertz CT molecular complexity index is 842. The molecule has 3 rings (SSSR count). The minimum absolute atomic E-state index is 0.0276. The molecule has 0 aliphatic carbocycles. The number of likely N-dealkylation sites (tertiary alicyclic amines) is 1. The van der Waals surface area contributed by atoms with Crippen LogP contribution in [-0.2, 0) is 11.3 Å². The molecule has 2 aromatic rings. The lowest BCUT2D eigenvalue weighted by molar-refractivity contribution is -0.118. The summed E-state index contributed by atoms with van der Waals surface area (Å²) in [7, 11) is 0. The minimum atomic E-state index is -0.0332. The predicted octanol–water partition coefficient (Wildman–Crippen LogP) is 4.29. The Morgan fingerprint density at radius 3 is 2.39 bits per heavy atom. The number of carbonyl (C=O) groups excluding carboxylic acids is 1. The second-order valence-corrected chi connectivity index (χ2v) is 8.13. The van der Waals surface area contributed by atoms with Crippen molar-refractivity contribution < 1.29 is 9.53 Å². The van der Waals surface area contributed by atoms with Crippen LogP contribution in [0, 0.1) is 5.92 Å². The maximum absolute atomic E-state index is 11.8. The fraction of sp³-hybridized carbons (Fsp3) is 0.440. The molecule has 0 aromatic heterocycles. The third kappa shape index (κ3) is 7.02. The lowest BCUT2D eigenvalue weighted by Crippen LogP contribution is -2.47. The van der Waals surface area contributed by atoms with Gasteiger partial charge in [-0.2, -0.15) is 0 Å². The minimum Gasteiger partial charge on any atom is -0.490 e. The van der Waals surface area contributed by atoms with Crippen LogP contribution in [0.3, 0.4) is 0 Å². The maximum atomic E-state index is 11.8. The third-order valence-corrected chi connectivity index (χ3v) is 5.28. The molecule has 6 heteroatoms. The fourth-order valence-corrected chi connectivity index (χ4v) is 3.45. The van der Waals surface area contributed by atoms with Crippen LogP contribution in [0.1, 0.15) is 39.2 Å². The van der Waals surface area contributed by atoms with E-state index in [1.54, 1.807) is 0 Å². The van der Waals surface area contributed by atoms with Crippen LogP contribution in [-0.4, -0.2) is 42.5 Å². The molecule has 1 saturated heterocycles. The number of hydrogen-bond donors (Lipinski definition) is 2. The molecule has 1 aliphatic rings. The Hall–Kier alpha value is -3.02. The summed E-state index contributed by atoms with van der Waals surface area (Å²) in [6.07, 6.45) is 2.20. The number of para-hydroxylation sites is 1. The van der Waals surface area contributed by atoms with Crippen LogP contribution in [0.4, 0.5) is 5.69 Å². The number of hydrogen-bond acceptors (Lipinski definition) is 3. The van der Waals surface area contributed by atoms with E-state index in [9.17, 15) is 4.79 Å². The van der Waals surface area contributed by atoms with Crippen molar-refractivity contribution in [3.63, 3.8) is 0 Å². The van der Waals surface area contributed by atoms with Crippen molar-refractivity contribution in [1.82, 2.24) is 10.2 Å². The van der Waals surface area contributed by atoms with Gasteiger partial charge >= 0.3 is 0 Å². The zero-order valence-corrected chi connectivity index (χ0v) is 18.8. The van der Waals surface area contributed by atoms with Gasteiger partial charge in [0.25, 0.3) is 0 Å². The summed E-state index contributed by atoms with van der Waals surface area (Å²) in [6, 6.07) is 17.9. The average molecular weight is 423 g/mol. The first kappa shape index (κ1) is 22.7. The molecule has 1 heterocycles. The molecule has 2 N–H and O–H groups in total. The molecule has 166 valence electrons. The van der Waals surface area contributed by atoms with Crippen LogP contribution in [0.25, 0.3) is 0 Å². The van der Waals surface area contributed by atoms with Gasteiger partial charge in [0.2, 0.25) is 5.91 Å². The van der Waals surface area contributed by atoms with Gasteiger partial charge < -0.3 is 20.3 Å². The van der Waals surface area contributed by atoms with Gasteiger partial charge in [0.15, 0.2) is 5.96 Å². The van der Waals surface area contributed by atoms with Crippen LogP contribution >= 0.6 is 0 Å². The molecular formula is C25H34N4O2. The summed E-state index contributed by atoms with van der Waals surface area (Å²) in [4.78, 5) is 19.0. The Morgan fingerprint density at radius 1 is 1.10 bits per heavy atom. The summed E-state index contributed by atoms with van der Waals surface area (Å²) < 4.78 is 6.11. The average Bonchev–Trinajstić information content (AvgIpc) is 2.79. The highest BCUT2D eigenvalue weighted by Crippen LogP contribution is 2.19. The highest BCUT2D eigenvalue weighted by atomic mass is 16.5. The molecular weight excluding hydrogens is 388 g/mol. The molecule has 1 fully saturated rings. The first-order valence-electron chi connectivity index (χ1n) is 11.2. The molecule has 0 radical (unpaired) electrons. The van der Waals surface area contributed by atoms with Crippen molar-refractivity contribution in [2.75, 3.05) is 25.0 Å². The van der Waals surface area contributed by atoms with Gasteiger partial charge in [-0.1, -0.05) is 44.2 Å². The van der Waals surface area contributed by atoms with Gasteiger partial charge in [-0.05, 0) is 36.8 Å². The summed E-state index contributed by atoms with van der Waals surface area (Å²) in [5.74, 6) is 1.88. The normalized spacial score (nSPS) is 15.1. The topological polar surface area (TPSA) is 66.0 Å². The summed E-state index contributed by atoms with van der Waals surface area (Å²) in [5.41, 5.74) is 1.93. The van der Waals surface area contributed by atoms with Gasteiger partial charge in [0, 0.05) is 44.1 Å². The van der Waals surface area contributed by atoms with E-state index in [1.807, 2.05) is 68.4 Å². The lowest BCUT2D eigenvalue weighted by atomic mass is 10.1. The number of nitrogens with zero attached hydrogens (tertiary/aromatic N) is 2. The van der Waals surface area contributed by atoms with E-state index in [1.165, 1.54) is 0 Å². The molecule has 0 bridgehead atoms. The lowest BCUT2D eigenvalue weighted by Gasteiger charge is -2.34. The van der Waals surface area contributed by atoms with Crippen LogP contribution in [0.2, 0.25) is 0 Å². The monoisotopic (exact) mass is 422 g/mol. The van der Waals surface area contributed by atoms with Gasteiger partial charge in [0.05, 0.1) is 6.54 Å². The number of rotatable bonds is 7. The predicted molar refractivity (Wildman–Crippen MR) is 126 cm³/mol.